The fourth-order valence-corrected chi connectivity index (χ4v) is 2.80. The highest BCUT2D eigenvalue weighted by molar-refractivity contribution is 7.16. The third-order valence-corrected chi connectivity index (χ3v) is 3.85. The molecule has 0 bridgehead atoms. The molecule has 0 atom stereocenters. The Balaban J connectivity index is 2.09. The summed E-state index contributed by atoms with van der Waals surface area (Å²) in [4.78, 5) is 19.1. The number of aromatic nitrogens is 1. The molecular formula is C13H14ClN3OS. The van der Waals surface area contributed by atoms with E-state index in [4.69, 9.17) is 11.6 Å². The van der Waals surface area contributed by atoms with Gasteiger partial charge in [-0.2, -0.15) is 0 Å². The molecule has 0 unspecified atom stereocenters. The maximum absolute atomic E-state index is 12.3. The van der Waals surface area contributed by atoms with Gasteiger partial charge in [0.1, 0.15) is 5.82 Å². The monoisotopic (exact) mass is 295 g/mol. The van der Waals surface area contributed by atoms with Gasteiger partial charge in [-0.3, -0.25) is 4.79 Å². The largest absolute Gasteiger partial charge is 0.373 e. The van der Waals surface area contributed by atoms with Crippen molar-refractivity contribution in [3.05, 3.63) is 45.2 Å². The van der Waals surface area contributed by atoms with Crippen LogP contribution in [0.4, 0.5) is 5.82 Å². The van der Waals surface area contributed by atoms with Crippen molar-refractivity contribution < 1.29 is 4.79 Å². The second-order valence-corrected chi connectivity index (χ2v) is 5.85. The Labute approximate surface area is 121 Å². The fraction of sp³-hybridized carbons (Fsp3) is 0.231. The third-order valence-electron chi connectivity index (χ3n) is 2.63. The predicted molar refractivity (Wildman–Crippen MR) is 78.9 cm³/mol. The molecule has 0 saturated heterocycles. The molecule has 2 rings (SSSR count). The minimum absolute atomic E-state index is 0.0385. The second-order valence-electron chi connectivity index (χ2n) is 4.05. The first kappa shape index (κ1) is 13.8. The first-order valence-corrected chi connectivity index (χ1v) is 6.93. The zero-order chi connectivity index (χ0) is 13.8. The summed E-state index contributed by atoms with van der Waals surface area (Å²) in [6, 6.07) is 7.22. The van der Waals surface area contributed by atoms with Crippen LogP contribution in [0, 0.1) is 0 Å². The molecule has 1 amide bonds. The van der Waals surface area contributed by atoms with Crippen LogP contribution in [0.5, 0.6) is 0 Å². The topological polar surface area (TPSA) is 45.2 Å². The normalized spacial score (nSPS) is 10.3. The molecule has 1 N–H and O–H groups in total. The van der Waals surface area contributed by atoms with Crippen molar-refractivity contribution >= 4 is 34.7 Å². The number of halogens is 1. The molecule has 2 aromatic rings. The van der Waals surface area contributed by atoms with Crippen molar-refractivity contribution in [3.63, 3.8) is 0 Å². The standard InChI is InChI=1S/C13H14ClN3OS/c1-15-12-7-9(5-6-16-12)13(18)17(2)8-10-3-4-11(14)19-10/h3-7H,8H2,1-2H3,(H,15,16). The van der Waals surface area contributed by atoms with E-state index in [1.807, 2.05) is 12.1 Å². The molecule has 6 heteroatoms. The van der Waals surface area contributed by atoms with Gasteiger partial charge in [0.25, 0.3) is 5.91 Å². The number of pyridine rings is 1. The Morgan fingerprint density at radius 3 is 2.89 bits per heavy atom. The number of hydrogen-bond donors (Lipinski definition) is 1. The van der Waals surface area contributed by atoms with Gasteiger partial charge < -0.3 is 10.2 Å². The maximum atomic E-state index is 12.3. The van der Waals surface area contributed by atoms with E-state index in [2.05, 4.69) is 10.3 Å². The van der Waals surface area contributed by atoms with Gasteiger partial charge in [0.05, 0.1) is 10.9 Å². The van der Waals surface area contributed by atoms with Gasteiger partial charge in [-0.1, -0.05) is 11.6 Å². The Kier molecular flexibility index (Phi) is 4.39. The minimum Gasteiger partial charge on any atom is -0.373 e. The van der Waals surface area contributed by atoms with Gasteiger partial charge >= 0.3 is 0 Å². The number of amides is 1. The molecule has 100 valence electrons. The van der Waals surface area contributed by atoms with E-state index >= 15 is 0 Å². The number of carbonyl (C=O) groups is 1. The summed E-state index contributed by atoms with van der Waals surface area (Å²) in [5.74, 6) is 0.641. The number of rotatable bonds is 4. The van der Waals surface area contributed by atoms with E-state index < -0.39 is 0 Å². The first-order valence-electron chi connectivity index (χ1n) is 5.73. The molecular weight excluding hydrogens is 282 g/mol. The zero-order valence-corrected chi connectivity index (χ0v) is 12.3. The quantitative estimate of drug-likeness (QED) is 0.942. The van der Waals surface area contributed by atoms with Crippen molar-refractivity contribution in [2.24, 2.45) is 0 Å². The average molecular weight is 296 g/mol. The van der Waals surface area contributed by atoms with Crippen molar-refractivity contribution in [2.45, 2.75) is 6.54 Å². The average Bonchev–Trinajstić information content (AvgIpc) is 2.83. The van der Waals surface area contributed by atoms with Gasteiger partial charge in [-0.15, -0.1) is 11.3 Å². The highest BCUT2D eigenvalue weighted by atomic mass is 35.5. The Hall–Kier alpha value is -1.59. The predicted octanol–water partition coefficient (Wildman–Crippen LogP) is 3.11. The van der Waals surface area contributed by atoms with Crippen LogP contribution >= 0.6 is 22.9 Å². The number of carbonyl (C=O) groups excluding carboxylic acids is 1. The number of anilines is 1. The molecule has 0 radical (unpaired) electrons. The van der Waals surface area contributed by atoms with Gasteiger partial charge in [0, 0.05) is 30.7 Å². The number of thiophene rings is 1. The first-order chi connectivity index (χ1) is 9.10. The van der Waals surface area contributed by atoms with Gasteiger partial charge in [-0.05, 0) is 24.3 Å². The Morgan fingerprint density at radius 1 is 1.47 bits per heavy atom. The molecule has 2 aromatic heterocycles. The maximum Gasteiger partial charge on any atom is 0.254 e. The van der Waals surface area contributed by atoms with Crippen molar-refractivity contribution in [1.29, 1.82) is 0 Å². The summed E-state index contributed by atoms with van der Waals surface area (Å²) in [6.07, 6.45) is 1.62. The Bertz CT molecular complexity index is 585. The lowest BCUT2D eigenvalue weighted by atomic mass is 10.2. The molecule has 0 fully saturated rings. The lowest BCUT2D eigenvalue weighted by Crippen LogP contribution is -2.25. The molecule has 0 aromatic carbocycles. The van der Waals surface area contributed by atoms with E-state index in [0.717, 1.165) is 9.21 Å². The van der Waals surface area contributed by atoms with E-state index in [1.54, 1.807) is 37.3 Å². The summed E-state index contributed by atoms with van der Waals surface area (Å²) in [5, 5.41) is 2.92. The van der Waals surface area contributed by atoms with Gasteiger partial charge in [0.2, 0.25) is 0 Å². The zero-order valence-electron chi connectivity index (χ0n) is 10.7. The highest BCUT2D eigenvalue weighted by Crippen LogP contribution is 2.22. The summed E-state index contributed by atoms with van der Waals surface area (Å²) in [6.45, 7) is 0.549. The van der Waals surface area contributed by atoms with E-state index in [0.29, 0.717) is 17.9 Å². The van der Waals surface area contributed by atoms with Crippen molar-refractivity contribution in [1.82, 2.24) is 9.88 Å². The SMILES string of the molecule is CNc1cc(C(=O)N(C)Cc2ccc(Cl)s2)ccn1. The van der Waals surface area contributed by atoms with Crippen LogP contribution in [0.1, 0.15) is 15.2 Å². The number of hydrogen-bond acceptors (Lipinski definition) is 4. The molecule has 0 aliphatic heterocycles. The van der Waals surface area contributed by atoms with Crippen molar-refractivity contribution in [3.8, 4) is 0 Å². The van der Waals surface area contributed by atoms with Crippen LogP contribution in [0.3, 0.4) is 0 Å². The number of nitrogens with zero attached hydrogens (tertiary/aromatic N) is 2. The summed E-state index contributed by atoms with van der Waals surface area (Å²) in [5.41, 5.74) is 0.615. The van der Waals surface area contributed by atoms with Crippen molar-refractivity contribution in [2.75, 3.05) is 19.4 Å². The van der Waals surface area contributed by atoms with Crippen LogP contribution in [0.2, 0.25) is 4.34 Å². The minimum atomic E-state index is -0.0385. The highest BCUT2D eigenvalue weighted by Gasteiger charge is 2.13. The molecule has 0 spiro atoms. The van der Waals surface area contributed by atoms with Crippen LogP contribution in [-0.4, -0.2) is 29.9 Å². The lowest BCUT2D eigenvalue weighted by Gasteiger charge is -2.16. The Morgan fingerprint density at radius 2 is 2.26 bits per heavy atom. The summed E-state index contributed by atoms with van der Waals surface area (Å²) >= 11 is 7.36. The molecule has 0 saturated carbocycles. The summed E-state index contributed by atoms with van der Waals surface area (Å²) < 4.78 is 0.734. The molecule has 4 nitrogen and oxygen atoms in total. The van der Waals surface area contributed by atoms with E-state index in [-0.39, 0.29) is 5.91 Å². The van der Waals surface area contributed by atoms with E-state index in [1.165, 1.54) is 11.3 Å². The van der Waals surface area contributed by atoms with Crippen LogP contribution in [-0.2, 0) is 6.54 Å². The van der Waals surface area contributed by atoms with Gasteiger partial charge in [-0.25, -0.2) is 4.98 Å². The fourth-order valence-electron chi connectivity index (χ4n) is 1.66. The van der Waals surface area contributed by atoms with E-state index in [9.17, 15) is 4.79 Å². The van der Waals surface area contributed by atoms with Crippen LogP contribution in [0.25, 0.3) is 0 Å². The lowest BCUT2D eigenvalue weighted by molar-refractivity contribution is 0.0786. The van der Waals surface area contributed by atoms with Gasteiger partial charge in [0.15, 0.2) is 0 Å². The smallest absolute Gasteiger partial charge is 0.254 e. The molecule has 0 aliphatic carbocycles. The van der Waals surface area contributed by atoms with Crippen LogP contribution in [0.15, 0.2) is 30.5 Å². The van der Waals surface area contributed by atoms with Crippen LogP contribution < -0.4 is 5.32 Å². The molecule has 2 heterocycles. The third kappa shape index (κ3) is 3.45. The second kappa shape index (κ2) is 6.04. The molecule has 0 aliphatic rings. The summed E-state index contributed by atoms with van der Waals surface area (Å²) in [7, 11) is 3.55. The number of nitrogens with one attached hydrogen (secondary N) is 1. The molecule has 19 heavy (non-hydrogen) atoms.